The Bertz CT molecular complexity index is 599. The lowest BCUT2D eigenvalue weighted by Gasteiger charge is -2.33. The van der Waals surface area contributed by atoms with E-state index >= 15 is 0 Å². The molecule has 2 rings (SSSR count). The summed E-state index contributed by atoms with van der Waals surface area (Å²) >= 11 is 0. The number of ether oxygens (including phenoxy) is 1. The van der Waals surface area contributed by atoms with Gasteiger partial charge in [0.05, 0.1) is 18.1 Å². The molecular weight excluding hydrogens is 314 g/mol. The van der Waals surface area contributed by atoms with E-state index in [1.807, 2.05) is 35.2 Å². The molecule has 23 heavy (non-hydrogen) atoms. The van der Waals surface area contributed by atoms with Crippen molar-refractivity contribution in [1.29, 1.82) is 0 Å². The normalized spacial score (nSPS) is 19.4. The zero-order valence-corrected chi connectivity index (χ0v) is 14.6. The van der Waals surface area contributed by atoms with Crippen molar-refractivity contribution in [1.82, 2.24) is 4.90 Å². The van der Waals surface area contributed by atoms with Gasteiger partial charge in [0.25, 0.3) is 0 Å². The molecule has 1 fully saturated rings. The predicted molar refractivity (Wildman–Crippen MR) is 89.8 cm³/mol. The molecule has 0 spiro atoms. The van der Waals surface area contributed by atoms with Crippen LogP contribution in [0.3, 0.4) is 0 Å². The van der Waals surface area contributed by atoms with Gasteiger partial charge in [-0.25, -0.2) is 13.2 Å². The fourth-order valence-corrected chi connectivity index (χ4v) is 3.82. The van der Waals surface area contributed by atoms with Gasteiger partial charge in [0.15, 0.2) is 9.84 Å². The Morgan fingerprint density at radius 3 is 2.35 bits per heavy atom. The maximum atomic E-state index is 12.6. The molecule has 0 amide bonds. The molecule has 5 nitrogen and oxygen atoms in total. The van der Waals surface area contributed by atoms with Gasteiger partial charge in [-0.3, -0.25) is 4.90 Å². The van der Waals surface area contributed by atoms with Crippen molar-refractivity contribution in [2.45, 2.75) is 26.3 Å². The molecule has 0 bridgehead atoms. The van der Waals surface area contributed by atoms with Crippen molar-refractivity contribution in [2.24, 2.45) is 5.92 Å². The Morgan fingerprint density at radius 1 is 1.17 bits per heavy atom. The number of hydrogen-bond donors (Lipinski definition) is 0. The van der Waals surface area contributed by atoms with E-state index in [-0.39, 0.29) is 17.5 Å². The van der Waals surface area contributed by atoms with E-state index < -0.39 is 15.9 Å². The van der Waals surface area contributed by atoms with E-state index in [1.54, 1.807) is 0 Å². The van der Waals surface area contributed by atoms with Crippen LogP contribution < -0.4 is 0 Å². The largest absolute Gasteiger partial charge is 0.464 e. The lowest BCUT2D eigenvalue weighted by molar-refractivity contribution is -0.150. The Hall–Kier alpha value is -1.40. The maximum Gasteiger partial charge on any atom is 0.328 e. The minimum atomic E-state index is -2.98. The molecule has 1 aromatic rings. The molecule has 128 valence electrons. The Morgan fingerprint density at radius 2 is 1.78 bits per heavy atom. The summed E-state index contributed by atoms with van der Waals surface area (Å²) in [5.74, 6) is 0.361. The lowest BCUT2D eigenvalue weighted by atomic mass is 10.1. The first-order chi connectivity index (χ1) is 10.9. The van der Waals surface area contributed by atoms with E-state index in [2.05, 4.69) is 13.8 Å². The Kier molecular flexibility index (Phi) is 6.18. The third-order valence-electron chi connectivity index (χ3n) is 4.02. The monoisotopic (exact) mass is 339 g/mol. The van der Waals surface area contributed by atoms with Crippen LogP contribution in [-0.4, -0.2) is 50.5 Å². The zero-order valence-electron chi connectivity index (χ0n) is 13.8. The van der Waals surface area contributed by atoms with E-state index in [1.165, 1.54) is 0 Å². The van der Waals surface area contributed by atoms with Crippen molar-refractivity contribution in [2.75, 3.05) is 31.2 Å². The van der Waals surface area contributed by atoms with Crippen LogP contribution in [0.5, 0.6) is 0 Å². The standard InChI is InChI=1S/C17H25NO4S/c1-14(2)8-11-22-17(19)16(15-6-4-3-5-7-15)18-9-12-23(20,21)13-10-18/h3-7,14,16H,8-13H2,1-2H3. The van der Waals surface area contributed by atoms with Crippen molar-refractivity contribution in [3.63, 3.8) is 0 Å². The number of nitrogens with zero attached hydrogens (tertiary/aromatic N) is 1. The SMILES string of the molecule is CC(C)CCOC(=O)C(c1ccccc1)N1CCS(=O)(=O)CC1. The van der Waals surface area contributed by atoms with E-state index in [9.17, 15) is 13.2 Å². The van der Waals surface area contributed by atoms with Crippen LogP contribution in [0, 0.1) is 5.92 Å². The third kappa shape index (κ3) is 5.32. The number of sulfone groups is 1. The minimum Gasteiger partial charge on any atom is -0.464 e. The molecule has 0 radical (unpaired) electrons. The summed E-state index contributed by atoms with van der Waals surface area (Å²) in [7, 11) is -2.98. The zero-order chi connectivity index (χ0) is 16.9. The third-order valence-corrected chi connectivity index (χ3v) is 5.63. The molecule has 1 aromatic carbocycles. The van der Waals surface area contributed by atoms with Crippen LogP contribution >= 0.6 is 0 Å². The molecule has 1 aliphatic heterocycles. The number of carbonyl (C=O) groups is 1. The highest BCUT2D eigenvalue weighted by Gasteiger charge is 2.33. The van der Waals surface area contributed by atoms with Crippen LogP contribution in [0.15, 0.2) is 30.3 Å². The molecule has 0 aromatic heterocycles. The smallest absolute Gasteiger partial charge is 0.328 e. The van der Waals surface area contributed by atoms with Crippen molar-refractivity contribution in [3.05, 3.63) is 35.9 Å². The average molecular weight is 339 g/mol. The predicted octanol–water partition coefficient (Wildman–Crippen LogP) is 2.05. The minimum absolute atomic E-state index is 0.0929. The highest BCUT2D eigenvalue weighted by Crippen LogP contribution is 2.24. The first-order valence-electron chi connectivity index (χ1n) is 8.05. The lowest BCUT2D eigenvalue weighted by Crippen LogP contribution is -2.45. The van der Waals surface area contributed by atoms with Crippen LogP contribution in [0.2, 0.25) is 0 Å². The summed E-state index contributed by atoms with van der Waals surface area (Å²) in [5, 5.41) is 0. The first-order valence-corrected chi connectivity index (χ1v) is 9.87. The Balaban J connectivity index is 2.11. The van der Waals surface area contributed by atoms with Gasteiger partial charge in [-0.15, -0.1) is 0 Å². The summed E-state index contributed by atoms with van der Waals surface area (Å²) < 4.78 is 28.7. The molecule has 1 atom stereocenters. The molecule has 1 heterocycles. The molecule has 0 saturated carbocycles. The molecule has 1 saturated heterocycles. The quantitative estimate of drug-likeness (QED) is 0.742. The van der Waals surface area contributed by atoms with Crippen LogP contribution in [0.1, 0.15) is 31.9 Å². The fourth-order valence-electron chi connectivity index (χ4n) is 2.59. The van der Waals surface area contributed by atoms with Gasteiger partial charge < -0.3 is 4.74 Å². The number of rotatable bonds is 6. The summed E-state index contributed by atoms with van der Waals surface area (Å²) in [5.41, 5.74) is 0.848. The second kappa shape index (κ2) is 7.93. The fraction of sp³-hybridized carbons (Fsp3) is 0.588. The molecule has 0 aliphatic carbocycles. The van der Waals surface area contributed by atoms with E-state index in [4.69, 9.17) is 4.74 Å². The summed E-state index contributed by atoms with van der Waals surface area (Å²) in [6, 6.07) is 8.90. The van der Waals surface area contributed by atoms with Crippen LogP contribution in [0.4, 0.5) is 0 Å². The maximum absolute atomic E-state index is 12.6. The average Bonchev–Trinajstić information content (AvgIpc) is 2.50. The number of hydrogen-bond acceptors (Lipinski definition) is 5. The van der Waals surface area contributed by atoms with Gasteiger partial charge in [-0.05, 0) is 17.9 Å². The van der Waals surface area contributed by atoms with Crippen molar-refractivity contribution in [3.8, 4) is 0 Å². The summed E-state index contributed by atoms with van der Waals surface area (Å²) in [6.45, 7) is 5.28. The molecule has 1 unspecified atom stereocenters. The van der Waals surface area contributed by atoms with Gasteiger partial charge in [-0.2, -0.15) is 0 Å². The van der Waals surface area contributed by atoms with E-state index in [0.717, 1.165) is 12.0 Å². The number of esters is 1. The van der Waals surface area contributed by atoms with Gasteiger partial charge in [0.2, 0.25) is 0 Å². The molecule has 6 heteroatoms. The highest BCUT2D eigenvalue weighted by atomic mass is 32.2. The second-order valence-electron chi connectivity index (χ2n) is 6.35. The molecule has 0 N–H and O–H groups in total. The first kappa shape index (κ1) is 17.9. The van der Waals surface area contributed by atoms with E-state index in [0.29, 0.717) is 25.6 Å². The number of benzene rings is 1. The van der Waals surface area contributed by atoms with Crippen LogP contribution in [0.25, 0.3) is 0 Å². The van der Waals surface area contributed by atoms with Gasteiger partial charge in [0, 0.05) is 13.1 Å². The number of carbonyl (C=O) groups excluding carboxylic acids is 1. The van der Waals surface area contributed by atoms with Gasteiger partial charge >= 0.3 is 5.97 Å². The molecular formula is C17H25NO4S. The van der Waals surface area contributed by atoms with Crippen LogP contribution in [-0.2, 0) is 19.4 Å². The van der Waals surface area contributed by atoms with Gasteiger partial charge in [-0.1, -0.05) is 44.2 Å². The highest BCUT2D eigenvalue weighted by molar-refractivity contribution is 7.91. The van der Waals surface area contributed by atoms with Crippen molar-refractivity contribution >= 4 is 15.8 Å². The van der Waals surface area contributed by atoms with Crippen molar-refractivity contribution < 1.29 is 17.9 Å². The van der Waals surface area contributed by atoms with Gasteiger partial charge in [0.1, 0.15) is 6.04 Å². The molecule has 1 aliphatic rings. The summed E-state index contributed by atoms with van der Waals surface area (Å²) in [4.78, 5) is 14.5. The summed E-state index contributed by atoms with van der Waals surface area (Å²) in [6.07, 6.45) is 0.821. The second-order valence-corrected chi connectivity index (χ2v) is 8.65. The topological polar surface area (TPSA) is 63.7 Å². The Labute approximate surface area is 138 Å².